The third-order valence-electron chi connectivity index (χ3n) is 2.77. The van der Waals surface area contributed by atoms with Crippen LogP contribution in [0.25, 0.3) is 0 Å². The van der Waals surface area contributed by atoms with Crippen LogP contribution in [0.5, 0.6) is 0 Å². The zero-order valence-corrected chi connectivity index (χ0v) is 14.0. The van der Waals surface area contributed by atoms with E-state index < -0.39 is 16.0 Å². The van der Waals surface area contributed by atoms with Gasteiger partial charge in [0.15, 0.2) is 0 Å². The van der Waals surface area contributed by atoms with E-state index in [9.17, 15) is 18.0 Å². The van der Waals surface area contributed by atoms with Crippen LogP contribution in [0.1, 0.15) is 16.8 Å². The van der Waals surface area contributed by atoms with Gasteiger partial charge in [-0.15, -0.1) is 0 Å². The van der Waals surface area contributed by atoms with Gasteiger partial charge in [0.1, 0.15) is 4.90 Å². The standard InChI is InChI=1S/C13H17ClN2O5S/c1-16(2)12(17)6-7-15-22(19,20)11-5-4-9(8-10(11)14)13(18)21-3/h4-5,8,15H,6-7H2,1-3H3. The number of methoxy groups -OCH3 is 1. The normalized spacial score (nSPS) is 11.1. The maximum Gasteiger partial charge on any atom is 0.337 e. The molecule has 0 atom stereocenters. The van der Waals surface area contributed by atoms with Gasteiger partial charge in [-0.3, -0.25) is 4.79 Å². The van der Waals surface area contributed by atoms with E-state index in [1.54, 1.807) is 14.1 Å². The Balaban J connectivity index is 2.85. The van der Waals surface area contributed by atoms with Gasteiger partial charge in [-0.25, -0.2) is 17.9 Å². The number of hydrogen-bond acceptors (Lipinski definition) is 5. The van der Waals surface area contributed by atoms with E-state index in [-0.39, 0.29) is 34.4 Å². The highest BCUT2D eigenvalue weighted by Crippen LogP contribution is 2.23. The van der Waals surface area contributed by atoms with E-state index in [4.69, 9.17) is 11.6 Å². The number of sulfonamides is 1. The summed E-state index contributed by atoms with van der Waals surface area (Å²) in [4.78, 5) is 23.9. The van der Waals surface area contributed by atoms with Crippen LogP contribution in [-0.2, 0) is 19.6 Å². The average Bonchev–Trinajstić information content (AvgIpc) is 2.45. The van der Waals surface area contributed by atoms with Crippen molar-refractivity contribution >= 4 is 33.5 Å². The first-order valence-electron chi connectivity index (χ1n) is 6.26. The summed E-state index contributed by atoms with van der Waals surface area (Å²) in [5.74, 6) is -0.815. The molecule has 9 heteroatoms. The Morgan fingerprint density at radius 2 is 1.95 bits per heavy atom. The van der Waals surface area contributed by atoms with Crippen molar-refractivity contribution in [2.24, 2.45) is 0 Å². The Morgan fingerprint density at radius 1 is 1.32 bits per heavy atom. The van der Waals surface area contributed by atoms with Crippen LogP contribution in [0.2, 0.25) is 5.02 Å². The molecule has 0 fully saturated rings. The molecular formula is C13H17ClN2O5S. The summed E-state index contributed by atoms with van der Waals surface area (Å²) in [5.41, 5.74) is 0.147. The second kappa shape index (κ2) is 7.57. The van der Waals surface area contributed by atoms with Crippen molar-refractivity contribution in [3.8, 4) is 0 Å². The third kappa shape index (κ3) is 4.69. The molecule has 1 amide bonds. The van der Waals surface area contributed by atoms with Crippen LogP contribution in [0, 0.1) is 0 Å². The van der Waals surface area contributed by atoms with Crippen molar-refractivity contribution in [2.75, 3.05) is 27.7 Å². The molecule has 1 aromatic rings. The molecule has 0 aliphatic carbocycles. The molecule has 0 aliphatic heterocycles. The van der Waals surface area contributed by atoms with Crippen LogP contribution >= 0.6 is 11.6 Å². The summed E-state index contributed by atoms with van der Waals surface area (Å²) in [7, 11) is 0.511. The summed E-state index contributed by atoms with van der Waals surface area (Å²) in [6, 6.07) is 3.73. The lowest BCUT2D eigenvalue weighted by atomic mass is 10.2. The lowest BCUT2D eigenvalue weighted by Gasteiger charge is -2.12. The van der Waals surface area contributed by atoms with Gasteiger partial charge in [0.2, 0.25) is 15.9 Å². The van der Waals surface area contributed by atoms with Gasteiger partial charge >= 0.3 is 5.97 Å². The summed E-state index contributed by atoms with van der Waals surface area (Å²) in [6.45, 7) is -0.0472. The monoisotopic (exact) mass is 348 g/mol. The number of amides is 1. The fourth-order valence-electron chi connectivity index (χ4n) is 1.56. The molecule has 0 spiro atoms. The highest BCUT2D eigenvalue weighted by atomic mass is 35.5. The first kappa shape index (κ1) is 18.4. The summed E-state index contributed by atoms with van der Waals surface area (Å²) in [5, 5.41) is -0.102. The fourth-order valence-corrected chi connectivity index (χ4v) is 3.13. The number of halogens is 1. The quantitative estimate of drug-likeness (QED) is 0.770. The molecule has 0 bridgehead atoms. The van der Waals surface area contributed by atoms with Gasteiger partial charge in [-0.1, -0.05) is 11.6 Å². The molecule has 1 aromatic carbocycles. The lowest BCUT2D eigenvalue weighted by Crippen LogP contribution is -2.30. The maximum atomic E-state index is 12.1. The van der Waals surface area contributed by atoms with E-state index in [2.05, 4.69) is 9.46 Å². The zero-order chi connectivity index (χ0) is 16.9. The van der Waals surface area contributed by atoms with Crippen molar-refractivity contribution < 1.29 is 22.7 Å². The Hall–Kier alpha value is -1.64. The highest BCUT2D eigenvalue weighted by molar-refractivity contribution is 7.89. The number of esters is 1. The molecule has 1 rings (SSSR count). The molecule has 22 heavy (non-hydrogen) atoms. The summed E-state index contributed by atoms with van der Waals surface area (Å²) in [6.07, 6.45) is 0.0318. The maximum absolute atomic E-state index is 12.1. The topological polar surface area (TPSA) is 92.8 Å². The molecular weight excluding hydrogens is 332 g/mol. The molecule has 122 valence electrons. The summed E-state index contributed by atoms with van der Waals surface area (Å²) < 4.78 is 31.1. The van der Waals surface area contributed by atoms with Crippen molar-refractivity contribution in [1.82, 2.24) is 9.62 Å². The summed E-state index contributed by atoms with van der Waals surface area (Å²) >= 11 is 5.90. The number of nitrogens with one attached hydrogen (secondary N) is 1. The number of rotatable bonds is 6. The number of carbonyl (C=O) groups excluding carboxylic acids is 2. The van der Waals surface area contributed by atoms with E-state index in [0.717, 1.165) is 0 Å². The van der Waals surface area contributed by atoms with E-state index in [1.165, 1.54) is 30.2 Å². The second-order valence-electron chi connectivity index (χ2n) is 4.57. The highest BCUT2D eigenvalue weighted by Gasteiger charge is 2.19. The molecule has 0 radical (unpaired) electrons. The van der Waals surface area contributed by atoms with Gasteiger partial charge < -0.3 is 9.64 Å². The van der Waals surface area contributed by atoms with Crippen LogP contribution in [0.3, 0.4) is 0 Å². The largest absolute Gasteiger partial charge is 0.465 e. The van der Waals surface area contributed by atoms with Gasteiger partial charge in [-0.2, -0.15) is 0 Å². The van der Waals surface area contributed by atoms with Crippen LogP contribution in [0.15, 0.2) is 23.1 Å². The number of benzene rings is 1. The lowest BCUT2D eigenvalue weighted by molar-refractivity contribution is -0.128. The molecule has 0 saturated heterocycles. The van der Waals surface area contributed by atoms with Crippen LogP contribution < -0.4 is 4.72 Å². The van der Waals surface area contributed by atoms with E-state index >= 15 is 0 Å². The van der Waals surface area contributed by atoms with E-state index in [1.807, 2.05) is 0 Å². The minimum absolute atomic E-state index is 0.0318. The average molecular weight is 349 g/mol. The predicted octanol–water partition coefficient (Wildman–Crippen LogP) is 0.883. The molecule has 0 unspecified atom stereocenters. The Labute approximate surface area is 134 Å². The molecule has 0 saturated carbocycles. The molecule has 7 nitrogen and oxygen atoms in total. The third-order valence-corrected chi connectivity index (χ3v) is 4.72. The first-order chi connectivity index (χ1) is 10.2. The second-order valence-corrected chi connectivity index (χ2v) is 6.72. The molecule has 1 N–H and O–H groups in total. The number of hydrogen-bond donors (Lipinski definition) is 1. The van der Waals surface area contributed by atoms with Gasteiger partial charge in [0, 0.05) is 27.1 Å². The number of nitrogens with zero attached hydrogens (tertiary/aromatic N) is 1. The minimum atomic E-state index is -3.87. The van der Waals surface area contributed by atoms with Gasteiger partial charge in [-0.05, 0) is 18.2 Å². The van der Waals surface area contributed by atoms with Crippen molar-refractivity contribution in [2.45, 2.75) is 11.3 Å². The first-order valence-corrected chi connectivity index (χ1v) is 8.13. The Kier molecular flexibility index (Phi) is 6.34. The minimum Gasteiger partial charge on any atom is -0.465 e. The Morgan fingerprint density at radius 3 is 2.45 bits per heavy atom. The molecule has 0 aromatic heterocycles. The smallest absolute Gasteiger partial charge is 0.337 e. The Bertz CT molecular complexity index is 673. The number of ether oxygens (including phenoxy) is 1. The van der Waals surface area contributed by atoms with Crippen LogP contribution in [0.4, 0.5) is 0 Å². The van der Waals surface area contributed by atoms with Gasteiger partial charge in [0.05, 0.1) is 17.7 Å². The SMILES string of the molecule is COC(=O)c1ccc(S(=O)(=O)NCCC(=O)N(C)C)c(Cl)c1. The van der Waals surface area contributed by atoms with Crippen molar-refractivity contribution in [1.29, 1.82) is 0 Å². The fraction of sp³-hybridized carbons (Fsp3) is 0.385. The molecule has 0 heterocycles. The molecule has 0 aliphatic rings. The van der Waals surface area contributed by atoms with Crippen molar-refractivity contribution in [3.05, 3.63) is 28.8 Å². The van der Waals surface area contributed by atoms with Crippen LogP contribution in [-0.4, -0.2) is 52.9 Å². The van der Waals surface area contributed by atoms with E-state index in [0.29, 0.717) is 0 Å². The van der Waals surface area contributed by atoms with Gasteiger partial charge in [0.25, 0.3) is 0 Å². The van der Waals surface area contributed by atoms with Crippen molar-refractivity contribution in [3.63, 3.8) is 0 Å². The predicted molar refractivity (Wildman–Crippen MR) is 81.3 cm³/mol. The zero-order valence-electron chi connectivity index (χ0n) is 12.4. The number of carbonyl (C=O) groups is 2.